The van der Waals surface area contributed by atoms with Crippen molar-refractivity contribution in [2.75, 3.05) is 24.4 Å². The van der Waals surface area contributed by atoms with E-state index >= 15 is 0 Å². The van der Waals surface area contributed by atoms with E-state index in [1.165, 1.54) is 25.4 Å². The summed E-state index contributed by atoms with van der Waals surface area (Å²) < 4.78 is 25.5. The van der Waals surface area contributed by atoms with Crippen molar-refractivity contribution in [3.05, 3.63) is 88.0 Å². The molecule has 0 saturated carbocycles. The van der Waals surface area contributed by atoms with E-state index in [1.807, 2.05) is 13.8 Å². The Labute approximate surface area is 269 Å². The van der Waals surface area contributed by atoms with E-state index in [1.54, 1.807) is 43.3 Å². The third-order valence-electron chi connectivity index (χ3n) is 7.96. The summed E-state index contributed by atoms with van der Waals surface area (Å²) in [6, 6.07) is 12.5. The molecular weight excluding hydrogens is 617 g/mol. The Hall–Kier alpha value is -4.97. The summed E-state index contributed by atoms with van der Waals surface area (Å²) in [6.07, 6.45) is 1.93. The number of aromatic amines is 1. The molecule has 0 fully saturated rings. The SMILES string of the molecule is CCOC(=O)c1[nH]c2nc1-c1ccc(NC(=O)OC)cc1NC(=O)C(C)(C)CCC[C@@H]2c1ccc(-c2cccc(Cl)c2F)c[n+]1[O-]. The number of ether oxygens (including phenoxy) is 2. The van der Waals surface area contributed by atoms with Gasteiger partial charge >= 0.3 is 12.1 Å². The molecule has 46 heavy (non-hydrogen) atoms. The Morgan fingerprint density at radius 1 is 1.20 bits per heavy atom. The van der Waals surface area contributed by atoms with Crippen LogP contribution in [0.3, 0.4) is 0 Å². The molecule has 0 saturated heterocycles. The van der Waals surface area contributed by atoms with Crippen molar-refractivity contribution in [3.8, 4) is 22.4 Å². The third-order valence-corrected chi connectivity index (χ3v) is 8.25. The molecule has 4 aromatic rings. The summed E-state index contributed by atoms with van der Waals surface area (Å²) in [5, 5.41) is 19.0. The number of anilines is 2. The molecule has 5 rings (SSSR count). The molecule has 0 spiro atoms. The van der Waals surface area contributed by atoms with E-state index < -0.39 is 29.2 Å². The monoisotopic (exact) mass is 649 g/mol. The van der Waals surface area contributed by atoms with Gasteiger partial charge in [0.2, 0.25) is 11.6 Å². The standard InChI is InChI=1S/C33H33ClFN5O6/c1-5-46-30(41)28-27-21-13-12-19(36-32(43)45-4)16-24(21)37-31(42)33(2,3)15-7-9-22(29(38-27)39-28)25-14-11-18(17-40(25)44)20-8-6-10-23(34)26(20)35/h6,8,10-14,16-17,22H,5,7,9,15H2,1-4H3,(H,36,43)(H,37,42)(H,38,39)/t22-/m1/s1. The second kappa shape index (κ2) is 13.2. The van der Waals surface area contributed by atoms with Crippen LogP contribution in [0.15, 0.2) is 54.7 Å². The van der Waals surface area contributed by atoms with Gasteiger partial charge in [-0.1, -0.05) is 44.0 Å². The number of nitrogens with one attached hydrogen (secondary N) is 3. The zero-order valence-corrected chi connectivity index (χ0v) is 26.5. The van der Waals surface area contributed by atoms with E-state index in [0.717, 1.165) is 0 Å². The largest absolute Gasteiger partial charge is 0.618 e. The first-order valence-electron chi connectivity index (χ1n) is 14.7. The van der Waals surface area contributed by atoms with Gasteiger partial charge < -0.3 is 25.0 Å². The quantitative estimate of drug-likeness (QED) is 0.122. The molecule has 2 amide bonds. The molecule has 1 atom stereocenters. The van der Waals surface area contributed by atoms with Crippen LogP contribution in [-0.4, -0.2) is 41.7 Å². The highest BCUT2D eigenvalue weighted by molar-refractivity contribution is 6.31. The van der Waals surface area contributed by atoms with Gasteiger partial charge in [-0.15, -0.1) is 0 Å². The topological polar surface area (TPSA) is 149 Å². The Kier molecular flexibility index (Phi) is 9.29. The van der Waals surface area contributed by atoms with Gasteiger partial charge in [-0.25, -0.2) is 19.0 Å². The maximum atomic E-state index is 14.8. The number of carbonyl (C=O) groups excluding carboxylic acids is 3. The number of H-pyrrole nitrogens is 1. The molecule has 2 aromatic carbocycles. The average Bonchev–Trinajstić information content (AvgIpc) is 3.46. The van der Waals surface area contributed by atoms with Gasteiger partial charge in [0.25, 0.3) is 0 Å². The van der Waals surface area contributed by atoms with Crippen LogP contribution in [0.2, 0.25) is 5.02 Å². The molecule has 11 nitrogen and oxygen atoms in total. The summed E-state index contributed by atoms with van der Waals surface area (Å²) in [4.78, 5) is 46.6. The minimum atomic E-state index is -0.833. The molecule has 0 radical (unpaired) electrons. The second-order valence-corrected chi connectivity index (χ2v) is 11.9. The molecule has 1 aliphatic rings. The van der Waals surface area contributed by atoms with Crippen LogP contribution in [0.4, 0.5) is 20.6 Å². The Morgan fingerprint density at radius 3 is 2.70 bits per heavy atom. The van der Waals surface area contributed by atoms with Crippen molar-refractivity contribution in [3.63, 3.8) is 0 Å². The van der Waals surface area contributed by atoms with E-state index in [9.17, 15) is 24.0 Å². The van der Waals surface area contributed by atoms with E-state index in [4.69, 9.17) is 26.1 Å². The average molecular weight is 650 g/mol. The molecule has 3 heterocycles. The Balaban J connectivity index is 1.68. The number of benzene rings is 2. The fourth-order valence-corrected chi connectivity index (χ4v) is 5.60. The number of methoxy groups -OCH3 is 1. The smallest absolute Gasteiger partial charge is 0.411 e. The summed E-state index contributed by atoms with van der Waals surface area (Å²) in [5.41, 5.74) is 1.21. The van der Waals surface area contributed by atoms with Crippen molar-refractivity contribution in [1.82, 2.24) is 9.97 Å². The van der Waals surface area contributed by atoms with Crippen LogP contribution < -0.4 is 15.4 Å². The molecule has 2 bridgehead atoms. The lowest BCUT2D eigenvalue weighted by molar-refractivity contribution is -0.614. The maximum absolute atomic E-state index is 14.8. The van der Waals surface area contributed by atoms with Gasteiger partial charge in [0, 0.05) is 28.3 Å². The molecule has 0 unspecified atom stereocenters. The fraction of sp³-hybridized carbons (Fsp3) is 0.303. The molecular formula is C33H33ClFN5O6. The summed E-state index contributed by atoms with van der Waals surface area (Å²) in [5.74, 6) is -1.92. The number of pyridine rings is 1. The number of hydrogen-bond donors (Lipinski definition) is 3. The van der Waals surface area contributed by atoms with Crippen LogP contribution in [0.5, 0.6) is 0 Å². The number of hydrogen-bond acceptors (Lipinski definition) is 7. The molecule has 0 aliphatic carbocycles. The van der Waals surface area contributed by atoms with Gasteiger partial charge in [0.1, 0.15) is 23.3 Å². The zero-order valence-electron chi connectivity index (χ0n) is 25.7. The first kappa shape index (κ1) is 32.4. The second-order valence-electron chi connectivity index (χ2n) is 11.5. The maximum Gasteiger partial charge on any atom is 0.411 e. The van der Waals surface area contributed by atoms with E-state index in [-0.39, 0.29) is 34.5 Å². The van der Waals surface area contributed by atoms with Crippen molar-refractivity contribution < 1.29 is 33.0 Å². The minimum Gasteiger partial charge on any atom is -0.618 e. The van der Waals surface area contributed by atoms with Gasteiger partial charge in [0.15, 0.2) is 11.9 Å². The van der Waals surface area contributed by atoms with Crippen molar-refractivity contribution in [2.24, 2.45) is 5.41 Å². The van der Waals surface area contributed by atoms with Gasteiger partial charge in [0.05, 0.1) is 30.0 Å². The van der Waals surface area contributed by atoms with Gasteiger partial charge in [-0.05, 0) is 50.1 Å². The number of imidazole rings is 1. The van der Waals surface area contributed by atoms with Gasteiger partial charge in [-0.2, -0.15) is 4.73 Å². The number of fused-ring (bicyclic) bond motifs is 4. The lowest BCUT2D eigenvalue weighted by atomic mass is 9.83. The van der Waals surface area contributed by atoms with Crippen molar-refractivity contribution >= 4 is 40.9 Å². The van der Waals surface area contributed by atoms with Crippen LogP contribution >= 0.6 is 11.6 Å². The van der Waals surface area contributed by atoms with E-state index in [0.29, 0.717) is 58.0 Å². The first-order chi connectivity index (χ1) is 21.9. The number of halogens is 2. The highest BCUT2D eigenvalue weighted by atomic mass is 35.5. The number of esters is 1. The molecule has 13 heteroatoms. The van der Waals surface area contributed by atoms with Crippen LogP contribution in [0.1, 0.15) is 68.0 Å². The van der Waals surface area contributed by atoms with Gasteiger partial charge in [-0.3, -0.25) is 10.1 Å². The van der Waals surface area contributed by atoms with Crippen LogP contribution in [0, 0.1) is 16.4 Å². The molecule has 240 valence electrons. The Bertz CT molecular complexity index is 1820. The number of aromatic nitrogens is 3. The van der Waals surface area contributed by atoms with Crippen molar-refractivity contribution in [2.45, 2.75) is 46.0 Å². The fourth-order valence-electron chi connectivity index (χ4n) is 5.43. The zero-order chi connectivity index (χ0) is 33.2. The number of rotatable bonds is 5. The third kappa shape index (κ3) is 6.52. The first-order valence-corrected chi connectivity index (χ1v) is 15.1. The number of amides is 2. The van der Waals surface area contributed by atoms with Crippen LogP contribution in [-0.2, 0) is 14.3 Å². The number of nitrogens with zero attached hydrogens (tertiary/aromatic N) is 2. The molecule has 1 aliphatic heterocycles. The minimum absolute atomic E-state index is 0.0274. The lowest BCUT2D eigenvalue weighted by Crippen LogP contribution is -2.34. The lowest BCUT2D eigenvalue weighted by Gasteiger charge is -2.25. The Morgan fingerprint density at radius 2 is 1.98 bits per heavy atom. The highest BCUT2D eigenvalue weighted by Crippen LogP contribution is 2.39. The highest BCUT2D eigenvalue weighted by Gasteiger charge is 2.34. The normalized spacial score (nSPS) is 15.9. The summed E-state index contributed by atoms with van der Waals surface area (Å²) >= 11 is 5.98. The molecule has 2 aromatic heterocycles. The molecule has 3 N–H and O–H groups in total. The summed E-state index contributed by atoms with van der Waals surface area (Å²) in [6.45, 7) is 5.40. The predicted octanol–water partition coefficient (Wildman–Crippen LogP) is 6.81. The number of carbonyl (C=O) groups is 3. The van der Waals surface area contributed by atoms with Crippen LogP contribution in [0.25, 0.3) is 22.4 Å². The summed E-state index contributed by atoms with van der Waals surface area (Å²) in [7, 11) is 1.23. The van der Waals surface area contributed by atoms with E-state index in [2.05, 4.69) is 15.6 Å². The van der Waals surface area contributed by atoms with Crippen molar-refractivity contribution in [1.29, 1.82) is 0 Å². The predicted molar refractivity (Wildman–Crippen MR) is 170 cm³/mol.